The molecule has 1 aromatic rings. The Hall–Kier alpha value is -3.39. The van der Waals surface area contributed by atoms with Crippen molar-refractivity contribution in [3.8, 4) is 0 Å². The first-order valence-electron chi connectivity index (χ1n) is 9.50. The summed E-state index contributed by atoms with van der Waals surface area (Å²) in [6.45, 7) is 0.302. The smallest absolute Gasteiger partial charge is 0.471 e. The number of halogens is 3. The number of benzene rings is 1. The number of carboxylic acid groups (broad SMARTS) is 1. The zero-order chi connectivity index (χ0) is 25.4. The molecule has 0 aliphatic heterocycles. The molecule has 1 aromatic carbocycles. The Labute approximate surface area is 187 Å². The van der Waals surface area contributed by atoms with Crippen LogP contribution in [0.25, 0.3) is 0 Å². The zero-order valence-corrected chi connectivity index (χ0v) is 17.8. The summed E-state index contributed by atoms with van der Waals surface area (Å²) in [4.78, 5) is 43.1. The van der Waals surface area contributed by atoms with Crippen molar-refractivity contribution in [2.45, 2.75) is 37.7 Å². The van der Waals surface area contributed by atoms with Gasteiger partial charge in [0.15, 0.2) is 0 Å². The second-order valence-corrected chi connectivity index (χ2v) is 6.35. The van der Waals surface area contributed by atoms with E-state index >= 15 is 0 Å². The van der Waals surface area contributed by atoms with Crippen LogP contribution in [0.2, 0.25) is 0 Å². The molecule has 2 amide bonds. The molecule has 0 bridgehead atoms. The number of ether oxygens (including phenoxy) is 2. The third kappa shape index (κ3) is 13.6. The number of carbonyl (C=O) groups excluding carboxylic acids is 3. The molecular weight excluding hydrogens is 453 g/mol. The van der Waals surface area contributed by atoms with Gasteiger partial charge < -0.3 is 36.7 Å². The van der Waals surface area contributed by atoms with Crippen LogP contribution < -0.4 is 22.1 Å². The fourth-order valence-corrected chi connectivity index (χ4v) is 2.03. The number of amides is 2. The maximum Gasteiger partial charge on any atom is 0.471 e. The lowest BCUT2D eigenvalue weighted by Gasteiger charge is -2.16. The lowest BCUT2D eigenvalue weighted by Crippen LogP contribution is -2.48. The number of nitrogens with one attached hydrogen (secondary N) is 2. The van der Waals surface area contributed by atoms with Gasteiger partial charge in [0.25, 0.3) is 0 Å². The number of alkyl halides is 3. The van der Waals surface area contributed by atoms with Gasteiger partial charge in [0, 0.05) is 6.54 Å². The van der Waals surface area contributed by atoms with Gasteiger partial charge in [-0.15, -0.1) is 0 Å². The molecule has 11 nitrogen and oxygen atoms in total. The van der Waals surface area contributed by atoms with Gasteiger partial charge in [-0.2, -0.15) is 13.2 Å². The van der Waals surface area contributed by atoms with Gasteiger partial charge in [-0.1, -0.05) is 30.3 Å². The summed E-state index contributed by atoms with van der Waals surface area (Å²) in [5.41, 5.74) is 11.2. The lowest BCUT2D eigenvalue weighted by molar-refractivity contribution is -0.175. The molecule has 0 aromatic heterocycles. The number of carboxylic acids is 1. The van der Waals surface area contributed by atoms with E-state index < -0.39 is 42.2 Å². The number of carbonyl (C=O) groups is 4. The van der Waals surface area contributed by atoms with Gasteiger partial charge in [-0.05, 0) is 24.9 Å². The summed E-state index contributed by atoms with van der Waals surface area (Å²) in [5, 5.41) is 12.5. The molecule has 33 heavy (non-hydrogen) atoms. The van der Waals surface area contributed by atoms with E-state index in [0.717, 1.165) is 12.7 Å². The molecule has 0 unspecified atom stereocenters. The third-order valence-corrected chi connectivity index (χ3v) is 3.76. The van der Waals surface area contributed by atoms with E-state index in [9.17, 15) is 32.3 Å². The second-order valence-electron chi connectivity index (χ2n) is 6.35. The van der Waals surface area contributed by atoms with E-state index in [2.05, 4.69) is 10.1 Å². The largest absolute Gasteiger partial charge is 0.480 e. The van der Waals surface area contributed by atoms with Crippen molar-refractivity contribution in [3.63, 3.8) is 0 Å². The van der Waals surface area contributed by atoms with E-state index in [4.69, 9.17) is 21.3 Å². The predicted octanol–water partition coefficient (Wildman–Crippen LogP) is 0.270. The van der Waals surface area contributed by atoms with E-state index in [1.807, 2.05) is 30.3 Å². The first-order valence-corrected chi connectivity index (χ1v) is 9.50. The average Bonchev–Trinajstić information content (AvgIpc) is 2.77. The number of hydrogen-bond acceptors (Lipinski definition) is 8. The first-order chi connectivity index (χ1) is 15.4. The van der Waals surface area contributed by atoms with Crippen LogP contribution in [-0.4, -0.2) is 67.5 Å². The summed E-state index contributed by atoms with van der Waals surface area (Å²) in [6, 6.07) is 6.91. The summed E-state index contributed by atoms with van der Waals surface area (Å²) >= 11 is 0. The van der Waals surface area contributed by atoms with Gasteiger partial charge in [-0.25, -0.2) is 9.59 Å². The Morgan fingerprint density at radius 2 is 1.73 bits per heavy atom. The molecule has 0 saturated heterocycles. The standard InChI is InChI=1S/C12H16N2O4.C7H11F3N2O3/c13-10(11(15)16)6-7-14-12(17)18-8-9-4-2-1-3-5-9;1-15-5(13)4(2-3-11)12-6(14)7(8,9)10/h1-5,10H,6-8,13H2,(H,14,17)(H,15,16);4H,2-3,11H2,1H3,(H,12,14)/t10-;4-/m00/s1. The van der Waals surface area contributed by atoms with Crippen molar-refractivity contribution in [2.24, 2.45) is 11.5 Å². The topological polar surface area (TPSA) is 183 Å². The molecule has 0 aliphatic rings. The van der Waals surface area contributed by atoms with Crippen molar-refractivity contribution in [1.29, 1.82) is 0 Å². The van der Waals surface area contributed by atoms with Crippen molar-refractivity contribution in [3.05, 3.63) is 35.9 Å². The van der Waals surface area contributed by atoms with Crippen LogP contribution in [0.4, 0.5) is 18.0 Å². The predicted molar refractivity (Wildman–Crippen MR) is 109 cm³/mol. The summed E-state index contributed by atoms with van der Waals surface area (Å²) in [7, 11) is 1.01. The van der Waals surface area contributed by atoms with Crippen LogP contribution in [0.5, 0.6) is 0 Å². The van der Waals surface area contributed by atoms with Gasteiger partial charge in [0.1, 0.15) is 18.7 Å². The van der Waals surface area contributed by atoms with Crippen molar-refractivity contribution >= 4 is 23.9 Å². The van der Waals surface area contributed by atoms with Gasteiger partial charge in [0.05, 0.1) is 7.11 Å². The molecule has 186 valence electrons. The quantitative estimate of drug-likeness (QED) is 0.293. The molecule has 0 heterocycles. The molecule has 0 fully saturated rings. The fraction of sp³-hybridized carbons (Fsp3) is 0.474. The number of methoxy groups -OCH3 is 1. The third-order valence-electron chi connectivity index (χ3n) is 3.76. The van der Waals surface area contributed by atoms with Crippen LogP contribution in [-0.2, 0) is 30.5 Å². The minimum Gasteiger partial charge on any atom is -0.480 e. The number of nitrogens with two attached hydrogens (primary N) is 2. The Balaban J connectivity index is 0.000000633. The minimum absolute atomic E-state index is 0.0437. The summed E-state index contributed by atoms with van der Waals surface area (Å²) < 4.78 is 44.6. The lowest BCUT2D eigenvalue weighted by atomic mass is 10.2. The molecular formula is C19H27F3N4O7. The highest BCUT2D eigenvalue weighted by molar-refractivity contribution is 5.87. The highest BCUT2D eigenvalue weighted by Crippen LogP contribution is 2.14. The molecule has 0 aliphatic carbocycles. The number of alkyl carbamates (subject to hydrolysis) is 1. The maximum absolute atomic E-state index is 11.8. The van der Waals surface area contributed by atoms with Crippen LogP contribution in [0.1, 0.15) is 18.4 Å². The Bertz CT molecular complexity index is 764. The number of aliphatic carboxylic acids is 1. The molecule has 2 atom stereocenters. The average molecular weight is 480 g/mol. The Morgan fingerprint density at radius 3 is 2.21 bits per heavy atom. The monoisotopic (exact) mass is 480 g/mol. The molecule has 0 saturated carbocycles. The van der Waals surface area contributed by atoms with E-state index in [0.29, 0.717) is 0 Å². The van der Waals surface area contributed by atoms with Crippen LogP contribution in [0.15, 0.2) is 30.3 Å². The van der Waals surface area contributed by atoms with Crippen molar-refractivity contribution in [2.75, 3.05) is 20.2 Å². The number of rotatable bonds is 10. The van der Waals surface area contributed by atoms with Gasteiger partial charge >= 0.3 is 30.1 Å². The Morgan fingerprint density at radius 1 is 1.12 bits per heavy atom. The van der Waals surface area contributed by atoms with Gasteiger partial charge in [0.2, 0.25) is 0 Å². The zero-order valence-electron chi connectivity index (χ0n) is 17.8. The van der Waals surface area contributed by atoms with E-state index in [1.165, 1.54) is 5.32 Å². The number of esters is 1. The number of hydrogen-bond donors (Lipinski definition) is 5. The van der Waals surface area contributed by atoms with E-state index in [1.54, 1.807) is 0 Å². The van der Waals surface area contributed by atoms with Crippen LogP contribution in [0.3, 0.4) is 0 Å². The molecule has 7 N–H and O–H groups in total. The van der Waals surface area contributed by atoms with E-state index in [-0.39, 0.29) is 32.5 Å². The molecule has 1 rings (SSSR count). The summed E-state index contributed by atoms with van der Waals surface area (Å²) in [5.74, 6) is -4.24. The van der Waals surface area contributed by atoms with Crippen molar-refractivity contribution in [1.82, 2.24) is 10.6 Å². The van der Waals surface area contributed by atoms with Crippen LogP contribution in [0, 0.1) is 0 Å². The van der Waals surface area contributed by atoms with Gasteiger partial charge in [-0.3, -0.25) is 9.59 Å². The maximum atomic E-state index is 11.8. The normalized spacial score (nSPS) is 12.3. The molecule has 0 spiro atoms. The van der Waals surface area contributed by atoms with Crippen molar-refractivity contribution < 1.29 is 46.9 Å². The van der Waals surface area contributed by atoms with Crippen LogP contribution >= 0.6 is 0 Å². The highest BCUT2D eigenvalue weighted by atomic mass is 19.4. The minimum atomic E-state index is -5.03. The highest BCUT2D eigenvalue weighted by Gasteiger charge is 2.40. The fourth-order valence-electron chi connectivity index (χ4n) is 2.03. The summed E-state index contributed by atoms with van der Waals surface area (Å²) in [6.07, 6.45) is -5.57. The SMILES string of the molecule is COC(=O)[C@H](CCN)NC(=O)C(F)(F)F.N[C@@H](CCNC(=O)OCc1ccccc1)C(=O)O. The first kappa shape index (κ1) is 29.6. The second kappa shape index (κ2) is 15.4. The Kier molecular flexibility index (Phi) is 13.8. The molecule has 14 heteroatoms. The molecule has 0 radical (unpaired) electrons.